The topological polar surface area (TPSA) is 101 Å². The Kier molecular flexibility index (Phi) is 5.19. The third-order valence-corrected chi connectivity index (χ3v) is 4.75. The smallest absolute Gasteiger partial charge is 0.242 e. The first-order valence-electron chi connectivity index (χ1n) is 5.97. The number of anilines is 1. The Balaban J connectivity index is 3.03. The molecule has 118 valence electrons. The predicted molar refractivity (Wildman–Crippen MR) is 78.9 cm³/mol. The largest absolute Gasteiger partial charge is 0.396 e. The Morgan fingerprint density at radius 1 is 1.43 bits per heavy atom. The van der Waals surface area contributed by atoms with E-state index in [0.29, 0.717) is 0 Å². The molecule has 6 nitrogen and oxygen atoms in total. The summed E-state index contributed by atoms with van der Waals surface area (Å²) in [6.45, 7) is 3.01. The van der Waals surface area contributed by atoms with E-state index in [-0.39, 0.29) is 28.1 Å². The maximum absolute atomic E-state index is 13.2. The maximum Gasteiger partial charge on any atom is 0.242 e. The lowest BCUT2D eigenvalue weighted by Gasteiger charge is -2.23. The summed E-state index contributed by atoms with van der Waals surface area (Å²) in [5.74, 6) is -1.13. The van der Waals surface area contributed by atoms with Crippen LogP contribution in [-0.4, -0.2) is 27.9 Å². The van der Waals surface area contributed by atoms with E-state index in [9.17, 15) is 17.6 Å². The first-order valence-corrected chi connectivity index (χ1v) is 7.84. The first kappa shape index (κ1) is 17.7. The van der Waals surface area contributed by atoms with Crippen LogP contribution in [0.25, 0.3) is 0 Å². The lowest BCUT2D eigenvalue weighted by Crippen LogP contribution is -2.43. The molecule has 0 bridgehead atoms. The van der Waals surface area contributed by atoms with Gasteiger partial charge in [-0.1, -0.05) is 11.6 Å². The van der Waals surface area contributed by atoms with Gasteiger partial charge in [0, 0.05) is 13.6 Å². The van der Waals surface area contributed by atoms with E-state index >= 15 is 0 Å². The molecule has 0 heterocycles. The van der Waals surface area contributed by atoms with Crippen molar-refractivity contribution >= 4 is 33.2 Å². The Morgan fingerprint density at radius 3 is 2.52 bits per heavy atom. The zero-order valence-corrected chi connectivity index (χ0v) is 13.4. The Labute approximate surface area is 127 Å². The van der Waals surface area contributed by atoms with E-state index in [1.165, 1.54) is 7.05 Å². The van der Waals surface area contributed by atoms with Crippen molar-refractivity contribution in [2.24, 2.45) is 5.41 Å². The first-order chi connectivity index (χ1) is 9.51. The number of carbonyl (C=O) groups excluding carboxylic acids is 1. The van der Waals surface area contributed by atoms with E-state index < -0.39 is 21.3 Å². The monoisotopic (exact) mass is 337 g/mol. The minimum absolute atomic E-state index is 0.150. The van der Waals surface area contributed by atoms with Gasteiger partial charge in [0.25, 0.3) is 0 Å². The molecule has 21 heavy (non-hydrogen) atoms. The molecule has 0 saturated heterocycles. The van der Waals surface area contributed by atoms with Gasteiger partial charge >= 0.3 is 0 Å². The Bertz CT molecular complexity index is 662. The molecular weight excluding hydrogens is 321 g/mol. The van der Waals surface area contributed by atoms with Crippen molar-refractivity contribution in [2.75, 3.05) is 19.3 Å². The van der Waals surface area contributed by atoms with Crippen LogP contribution < -0.4 is 15.8 Å². The quantitative estimate of drug-likeness (QED) is 0.700. The van der Waals surface area contributed by atoms with Gasteiger partial charge in [0.1, 0.15) is 10.7 Å². The van der Waals surface area contributed by atoms with Crippen molar-refractivity contribution in [3.8, 4) is 0 Å². The summed E-state index contributed by atoms with van der Waals surface area (Å²) >= 11 is 5.73. The molecule has 0 spiro atoms. The van der Waals surface area contributed by atoms with Gasteiger partial charge in [0.2, 0.25) is 15.9 Å². The summed E-state index contributed by atoms with van der Waals surface area (Å²) in [7, 11) is -2.56. The standard InChI is InChI=1S/C12H17ClFN3O3S/c1-12(2,11(18)16-3)6-17-21(19,20)10-5-9(15)8(14)4-7(10)13/h4-5,17H,6,15H2,1-3H3,(H,16,18). The molecule has 0 aliphatic carbocycles. The second-order valence-electron chi connectivity index (χ2n) is 5.09. The molecule has 0 unspecified atom stereocenters. The second kappa shape index (κ2) is 6.17. The summed E-state index contributed by atoms with van der Waals surface area (Å²) in [5, 5.41) is 2.15. The highest BCUT2D eigenvalue weighted by Gasteiger charge is 2.29. The van der Waals surface area contributed by atoms with Crippen LogP contribution in [0.15, 0.2) is 17.0 Å². The lowest BCUT2D eigenvalue weighted by atomic mass is 9.93. The van der Waals surface area contributed by atoms with Crippen LogP contribution in [0.1, 0.15) is 13.8 Å². The lowest BCUT2D eigenvalue weighted by molar-refractivity contribution is -0.128. The van der Waals surface area contributed by atoms with E-state index in [0.717, 1.165) is 12.1 Å². The van der Waals surface area contributed by atoms with Gasteiger partial charge in [-0.2, -0.15) is 0 Å². The van der Waals surface area contributed by atoms with Crippen molar-refractivity contribution in [1.82, 2.24) is 10.0 Å². The van der Waals surface area contributed by atoms with Crippen LogP contribution in [-0.2, 0) is 14.8 Å². The molecule has 0 aliphatic rings. The van der Waals surface area contributed by atoms with E-state index in [1.807, 2.05) is 0 Å². The van der Waals surface area contributed by atoms with Gasteiger partial charge in [-0.25, -0.2) is 17.5 Å². The summed E-state index contributed by atoms with van der Waals surface area (Å²) in [6, 6.07) is 1.77. The van der Waals surface area contributed by atoms with Gasteiger partial charge in [-0.3, -0.25) is 4.79 Å². The van der Waals surface area contributed by atoms with E-state index in [1.54, 1.807) is 13.8 Å². The summed E-state index contributed by atoms with van der Waals surface area (Å²) in [6.07, 6.45) is 0. The van der Waals surface area contributed by atoms with Crippen LogP contribution in [0.3, 0.4) is 0 Å². The van der Waals surface area contributed by atoms with Gasteiger partial charge < -0.3 is 11.1 Å². The van der Waals surface area contributed by atoms with Crippen LogP contribution in [0.2, 0.25) is 5.02 Å². The number of rotatable bonds is 5. The third-order valence-electron chi connectivity index (χ3n) is 2.89. The molecule has 0 aliphatic heterocycles. The minimum Gasteiger partial charge on any atom is -0.396 e. The van der Waals surface area contributed by atoms with Crippen LogP contribution >= 0.6 is 11.6 Å². The number of nitrogens with one attached hydrogen (secondary N) is 2. The Hall–Kier alpha value is -1.38. The molecule has 4 N–H and O–H groups in total. The highest BCUT2D eigenvalue weighted by Crippen LogP contribution is 2.26. The summed E-state index contributed by atoms with van der Waals surface area (Å²) < 4.78 is 39.8. The fourth-order valence-corrected chi connectivity index (χ4v) is 3.28. The molecule has 0 aromatic heterocycles. The third kappa shape index (κ3) is 4.05. The molecule has 0 radical (unpaired) electrons. The van der Waals surface area contributed by atoms with Crippen molar-refractivity contribution in [2.45, 2.75) is 18.7 Å². The van der Waals surface area contributed by atoms with Crippen LogP contribution in [0, 0.1) is 11.2 Å². The number of nitrogen functional groups attached to an aromatic ring is 1. The van der Waals surface area contributed by atoms with Crippen LogP contribution in [0.5, 0.6) is 0 Å². The van der Waals surface area contributed by atoms with Gasteiger partial charge in [-0.15, -0.1) is 0 Å². The summed E-state index contributed by atoms with van der Waals surface area (Å²) in [4.78, 5) is 11.3. The number of amides is 1. The molecule has 1 aromatic carbocycles. The van der Waals surface area contributed by atoms with Crippen molar-refractivity contribution in [1.29, 1.82) is 0 Å². The fraction of sp³-hybridized carbons (Fsp3) is 0.417. The van der Waals surface area contributed by atoms with E-state index in [4.69, 9.17) is 17.3 Å². The SMILES string of the molecule is CNC(=O)C(C)(C)CNS(=O)(=O)c1cc(N)c(F)cc1Cl. The molecule has 1 rings (SSSR count). The number of hydrogen-bond donors (Lipinski definition) is 3. The molecule has 0 atom stereocenters. The molecule has 1 aromatic rings. The average molecular weight is 338 g/mol. The Morgan fingerprint density at radius 2 is 2.00 bits per heavy atom. The summed E-state index contributed by atoms with van der Waals surface area (Å²) in [5.41, 5.74) is 4.06. The zero-order chi connectivity index (χ0) is 16.4. The number of benzene rings is 1. The van der Waals surface area contributed by atoms with Crippen molar-refractivity contribution in [3.63, 3.8) is 0 Å². The number of halogens is 2. The number of carbonyl (C=O) groups is 1. The molecule has 1 amide bonds. The molecule has 0 saturated carbocycles. The van der Waals surface area contributed by atoms with Crippen molar-refractivity contribution < 1.29 is 17.6 Å². The van der Waals surface area contributed by atoms with Gasteiger partial charge in [0.05, 0.1) is 16.1 Å². The number of sulfonamides is 1. The molecule has 9 heteroatoms. The second-order valence-corrected chi connectivity index (χ2v) is 7.23. The number of hydrogen-bond acceptors (Lipinski definition) is 4. The predicted octanol–water partition coefficient (Wildman–Crippen LogP) is 1.11. The zero-order valence-electron chi connectivity index (χ0n) is 11.8. The normalized spacial score (nSPS) is 12.2. The fourth-order valence-electron chi connectivity index (χ4n) is 1.52. The van der Waals surface area contributed by atoms with Gasteiger partial charge in [0.15, 0.2) is 0 Å². The minimum atomic E-state index is -4.01. The van der Waals surface area contributed by atoms with Crippen LogP contribution in [0.4, 0.5) is 10.1 Å². The molecule has 0 fully saturated rings. The van der Waals surface area contributed by atoms with Gasteiger partial charge in [-0.05, 0) is 26.0 Å². The highest BCUT2D eigenvalue weighted by molar-refractivity contribution is 7.89. The van der Waals surface area contributed by atoms with Crippen molar-refractivity contribution in [3.05, 3.63) is 23.0 Å². The number of nitrogens with two attached hydrogens (primary N) is 1. The average Bonchev–Trinajstić information content (AvgIpc) is 2.39. The van der Waals surface area contributed by atoms with E-state index in [2.05, 4.69) is 10.0 Å². The maximum atomic E-state index is 13.2. The highest BCUT2D eigenvalue weighted by atomic mass is 35.5. The molecular formula is C12H17ClFN3O3S.